The first-order valence-corrected chi connectivity index (χ1v) is 6.17. The van der Waals surface area contributed by atoms with Crippen molar-refractivity contribution in [2.24, 2.45) is 0 Å². The van der Waals surface area contributed by atoms with Gasteiger partial charge in [-0.05, 0) is 12.1 Å². The molecule has 3 heterocycles. The van der Waals surface area contributed by atoms with E-state index >= 15 is 0 Å². The van der Waals surface area contributed by atoms with Gasteiger partial charge in [0.25, 0.3) is 0 Å². The summed E-state index contributed by atoms with van der Waals surface area (Å²) in [7, 11) is 0. The summed E-state index contributed by atoms with van der Waals surface area (Å²) in [6.07, 6.45) is 5.47. The van der Waals surface area contributed by atoms with Gasteiger partial charge in [0.2, 0.25) is 0 Å². The predicted molar refractivity (Wildman–Crippen MR) is 68.4 cm³/mol. The van der Waals surface area contributed by atoms with Gasteiger partial charge in [0.1, 0.15) is 29.7 Å². The number of aromatic nitrogens is 3. The molecule has 20 heavy (non-hydrogen) atoms. The molecule has 7 nitrogen and oxygen atoms in total. The molecule has 2 fully saturated rings. The second-order valence-electron chi connectivity index (χ2n) is 5.22. The van der Waals surface area contributed by atoms with E-state index in [-0.39, 0.29) is 6.42 Å². The van der Waals surface area contributed by atoms with Gasteiger partial charge >= 0.3 is 0 Å². The number of nitrogens with two attached hydrogens (primary N) is 1. The number of fused-ring (bicyclic) bond motifs is 2. The molecule has 102 valence electrons. The molecular weight excluding hydrogens is 260 g/mol. The number of rotatable bonds is 1. The summed E-state index contributed by atoms with van der Waals surface area (Å²) >= 11 is 0. The first-order valence-electron chi connectivity index (χ1n) is 6.17. The van der Waals surface area contributed by atoms with Crippen LogP contribution in [0.3, 0.4) is 0 Å². The van der Waals surface area contributed by atoms with E-state index in [2.05, 4.69) is 16.0 Å². The summed E-state index contributed by atoms with van der Waals surface area (Å²) in [5.41, 5.74) is 4.47. The third-order valence-corrected chi connectivity index (χ3v) is 4.28. The number of terminal acetylenes is 1. The van der Waals surface area contributed by atoms with Crippen molar-refractivity contribution in [1.82, 2.24) is 14.6 Å². The van der Waals surface area contributed by atoms with Gasteiger partial charge in [0, 0.05) is 6.42 Å². The van der Waals surface area contributed by atoms with Crippen molar-refractivity contribution in [3.63, 3.8) is 0 Å². The highest BCUT2D eigenvalue weighted by molar-refractivity contribution is 5.65. The van der Waals surface area contributed by atoms with Gasteiger partial charge in [0.15, 0.2) is 11.4 Å². The smallest absolute Gasteiger partial charge is 0.189 e. The number of aliphatic hydroxyl groups excluding tert-OH is 1. The Kier molecular flexibility index (Phi) is 1.92. The Labute approximate surface area is 114 Å². The molecule has 7 heteroatoms. The van der Waals surface area contributed by atoms with Crippen molar-refractivity contribution in [2.45, 2.75) is 29.8 Å². The number of hydrogen-bond acceptors (Lipinski definition) is 6. The molecule has 2 aromatic rings. The van der Waals surface area contributed by atoms with Gasteiger partial charge in [0.05, 0.1) is 5.69 Å². The molecule has 1 aliphatic heterocycles. The van der Waals surface area contributed by atoms with Crippen LogP contribution >= 0.6 is 0 Å². The number of aliphatic hydroxyl groups is 2. The normalized spacial score (nSPS) is 38.6. The van der Waals surface area contributed by atoms with Crippen molar-refractivity contribution in [3.8, 4) is 12.3 Å². The van der Waals surface area contributed by atoms with Gasteiger partial charge in [-0.15, -0.1) is 6.42 Å². The predicted octanol–water partition coefficient (Wildman–Crippen LogP) is -0.750. The monoisotopic (exact) mass is 272 g/mol. The largest absolute Gasteiger partial charge is 0.386 e. The summed E-state index contributed by atoms with van der Waals surface area (Å²) in [5.74, 6) is 2.73. The van der Waals surface area contributed by atoms with E-state index in [1.54, 1.807) is 16.6 Å². The summed E-state index contributed by atoms with van der Waals surface area (Å²) in [5, 5.41) is 24.2. The van der Waals surface area contributed by atoms with Gasteiger partial charge in [-0.25, -0.2) is 9.50 Å². The molecular formula is C13H12N4O3. The molecule has 2 aliphatic rings. The highest BCUT2D eigenvalue weighted by Gasteiger charge is 2.83. The molecule has 1 aliphatic carbocycles. The maximum absolute atomic E-state index is 10.3. The molecule has 0 amide bonds. The molecule has 4 rings (SSSR count). The molecule has 0 spiro atoms. The first kappa shape index (κ1) is 11.7. The van der Waals surface area contributed by atoms with Crippen molar-refractivity contribution >= 4 is 11.3 Å². The summed E-state index contributed by atoms with van der Waals surface area (Å²) < 4.78 is 7.33. The van der Waals surface area contributed by atoms with E-state index in [9.17, 15) is 10.2 Å². The van der Waals surface area contributed by atoms with Crippen molar-refractivity contribution in [1.29, 1.82) is 0 Å². The average molecular weight is 272 g/mol. The average Bonchev–Trinajstić information content (AvgIpc) is 2.84. The quantitative estimate of drug-likeness (QED) is 0.590. The Hall–Kier alpha value is -2.14. The number of nitrogen functional groups attached to an aromatic ring is 1. The third-order valence-electron chi connectivity index (χ3n) is 4.28. The van der Waals surface area contributed by atoms with E-state index < -0.39 is 23.4 Å². The molecule has 4 atom stereocenters. The topological polar surface area (TPSA) is 106 Å². The maximum atomic E-state index is 10.3. The number of ether oxygens (including phenoxy) is 1. The molecule has 1 saturated heterocycles. The SMILES string of the molecule is C#C[C@]12O[C@@H](c3ccc4c(N)ncnn34)C[C@@]1(O)C2O. The van der Waals surface area contributed by atoms with E-state index in [4.69, 9.17) is 16.9 Å². The molecule has 1 unspecified atom stereocenters. The van der Waals surface area contributed by atoms with Crippen molar-refractivity contribution < 1.29 is 14.9 Å². The van der Waals surface area contributed by atoms with Crippen molar-refractivity contribution in [2.75, 3.05) is 5.73 Å². The van der Waals surface area contributed by atoms with Crippen LogP contribution in [0.1, 0.15) is 18.2 Å². The molecule has 4 N–H and O–H groups in total. The Morgan fingerprint density at radius 2 is 2.35 bits per heavy atom. The Bertz CT molecular complexity index is 767. The van der Waals surface area contributed by atoms with Crippen LogP contribution in [-0.2, 0) is 4.74 Å². The third kappa shape index (κ3) is 1.08. The highest BCUT2D eigenvalue weighted by atomic mass is 16.6. The van der Waals surface area contributed by atoms with Crippen LogP contribution in [0, 0.1) is 12.3 Å². The Balaban J connectivity index is 1.77. The summed E-state index contributed by atoms with van der Waals surface area (Å²) in [4.78, 5) is 3.91. The lowest BCUT2D eigenvalue weighted by Crippen LogP contribution is -2.18. The standard InChI is InChI=1S/C13H12N4O3/c1-2-13-11(18)12(13,19)5-9(20-13)7-3-4-8-10(14)15-6-16-17(7)8/h1,3-4,6,9,11,18-19H,5H2,(H2,14,15,16)/t9-,11?,12-,13-/m1/s1. The minimum absolute atomic E-state index is 0.217. The van der Waals surface area contributed by atoms with Crippen LogP contribution in [0.15, 0.2) is 18.5 Å². The lowest BCUT2D eigenvalue weighted by atomic mass is 10.1. The zero-order chi connectivity index (χ0) is 14.1. The number of hydrogen-bond donors (Lipinski definition) is 3. The van der Waals surface area contributed by atoms with E-state index in [0.717, 1.165) is 5.69 Å². The zero-order valence-electron chi connectivity index (χ0n) is 10.4. The fourth-order valence-electron chi connectivity index (χ4n) is 3.07. The minimum Gasteiger partial charge on any atom is -0.386 e. The Morgan fingerprint density at radius 3 is 3.05 bits per heavy atom. The fraction of sp³-hybridized carbons (Fsp3) is 0.385. The van der Waals surface area contributed by atoms with Gasteiger partial charge in [-0.3, -0.25) is 0 Å². The van der Waals surface area contributed by atoms with E-state index in [1.165, 1.54) is 6.33 Å². The van der Waals surface area contributed by atoms with E-state index in [1.807, 2.05) is 0 Å². The van der Waals surface area contributed by atoms with Gasteiger partial charge < -0.3 is 20.7 Å². The van der Waals surface area contributed by atoms with Crippen LogP contribution in [0.2, 0.25) is 0 Å². The summed E-state index contributed by atoms with van der Waals surface area (Å²) in [6, 6.07) is 3.58. The fourth-order valence-corrected chi connectivity index (χ4v) is 3.07. The molecule has 2 aromatic heterocycles. The first-order chi connectivity index (χ1) is 9.53. The molecule has 0 radical (unpaired) electrons. The lowest BCUT2D eigenvalue weighted by molar-refractivity contribution is -0.00580. The van der Waals surface area contributed by atoms with Crippen LogP contribution in [0.5, 0.6) is 0 Å². The minimum atomic E-state index is -1.38. The molecule has 1 saturated carbocycles. The highest BCUT2D eigenvalue weighted by Crippen LogP contribution is 2.63. The number of nitrogens with zero attached hydrogens (tertiary/aromatic N) is 3. The van der Waals surface area contributed by atoms with Gasteiger partial charge in [-0.1, -0.05) is 5.92 Å². The molecule has 0 bridgehead atoms. The van der Waals surface area contributed by atoms with E-state index in [0.29, 0.717) is 11.3 Å². The van der Waals surface area contributed by atoms with Crippen LogP contribution in [0.25, 0.3) is 5.52 Å². The Morgan fingerprint density at radius 1 is 1.55 bits per heavy atom. The van der Waals surface area contributed by atoms with Crippen LogP contribution in [-0.4, -0.2) is 42.1 Å². The number of anilines is 1. The van der Waals surface area contributed by atoms with Gasteiger partial charge in [-0.2, -0.15) is 5.10 Å². The van der Waals surface area contributed by atoms with Crippen molar-refractivity contribution in [3.05, 3.63) is 24.2 Å². The van der Waals surface area contributed by atoms with Crippen LogP contribution in [0.4, 0.5) is 5.82 Å². The lowest BCUT2D eigenvalue weighted by Gasteiger charge is -2.15. The summed E-state index contributed by atoms with van der Waals surface area (Å²) in [6.45, 7) is 0. The molecule has 0 aromatic carbocycles. The van der Waals surface area contributed by atoms with Crippen LogP contribution < -0.4 is 5.73 Å². The zero-order valence-corrected chi connectivity index (χ0v) is 10.4. The second kappa shape index (κ2) is 3.30. The maximum Gasteiger partial charge on any atom is 0.189 e. The second-order valence-corrected chi connectivity index (χ2v) is 5.22.